The topological polar surface area (TPSA) is 111 Å². The standard InChI is InChI=1S/C42H55N2O10/c1-47-34-11-8-31(9-12-34)26-36-35-29-40(51-5)39(50-4)28-33(35)16-18-43(36)17-6-22-53-41(45)14-15-42(46)54-23-7-19-44(20-24-52-25-21-44)30-32-10-13-37(48-2)38(27-32)49-3/h8-15,27-29,36H,6-7,16-26,30H2,1-5H3/q+1/b15-14-/t36-/m1/s1. The number of quaternary nitrogens is 1. The Bertz CT molecular complexity index is 1700. The lowest BCUT2D eigenvalue weighted by atomic mass is 9.88. The zero-order valence-electron chi connectivity index (χ0n) is 32.3. The van der Waals surface area contributed by atoms with Gasteiger partial charge in [0.05, 0.1) is 68.5 Å². The summed E-state index contributed by atoms with van der Waals surface area (Å²) in [7, 11) is 8.23. The number of fused-ring (bicyclic) bond motifs is 1. The van der Waals surface area contributed by atoms with Gasteiger partial charge in [-0.3, -0.25) is 4.90 Å². The summed E-state index contributed by atoms with van der Waals surface area (Å²) in [6, 6.07) is 18.4. The Morgan fingerprint density at radius 1 is 0.741 bits per heavy atom. The number of benzene rings is 3. The van der Waals surface area contributed by atoms with Crippen LogP contribution in [0.5, 0.6) is 28.7 Å². The highest BCUT2D eigenvalue weighted by Gasteiger charge is 2.31. The molecule has 0 radical (unpaired) electrons. The van der Waals surface area contributed by atoms with E-state index < -0.39 is 11.9 Å². The molecule has 0 spiro atoms. The van der Waals surface area contributed by atoms with Crippen LogP contribution in [0.3, 0.4) is 0 Å². The Morgan fingerprint density at radius 2 is 1.35 bits per heavy atom. The third-order valence-electron chi connectivity index (χ3n) is 10.3. The maximum absolute atomic E-state index is 12.5. The van der Waals surface area contributed by atoms with Crippen LogP contribution >= 0.6 is 0 Å². The van der Waals surface area contributed by atoms with Crippen LogP contribution in [0.15, 0.2) is 66.7 Å². The number of hydrogen-bond donors (Lipinski definition) is 0. The van der Waals surface area contributed by atoms with Gasteiger partial charge in [0.2, 0.25) is 0 Å². The molecular weight excluding hydrogens is 692 g/mol. The highest BCUT2D eigenvalue weighted by atomic mass is 16.5. The highest BCUT2D eigenvalue weighted by Crippen LogP contribution is 2.40. The summed E-state index contributed by atoms with van der Waals surface area (Å²) < 4.78 is 44.9. The number of carbonyl (C=O) groups is 2. The van der Waals surface area contributed by atoms with E-state index in [9.17, 15) is 9.59 Å². The van der Waals surface area contributed by atoms with Crippen LogP contribution in [0.25, 0.3) is 0 Å². The molecule has 0 aromatic heterocycles. The molecule has 3 aromatic carbocycles. The number of morpholine rings is 1. The van der Waals surface area contributed by atoms with E-state index in [1.807, 2.05) is 24.3 Å². The van der Waals surface area contributed by atoms with Gasteiger partial charge >= 0.3 is 11.9 Å². The second-order valence-electron chi connectivity index (χ2n) is 13.6. The molecule has 5 rings (SSSR count). The Kier molecular flexibility index (Phi) is 15.0. The fourth-order valence-electron chi connectivity index (χ4n) is 7.37. The molecule has 2 aliphatic rings. The molecule has 2 heterocycles. The summed E-state index contributed by atoms with van der Waals surface area (Å²) in [6.07, 6.45) is 5.26. The number of carbonyl (C=O) groups excluding carboxylic acids is 2. The minimum atomic E-state index is -0.574. The van der Waals surface area contributed by atoms with Crippen LogP contribution in [-0.4, -0.2) is 116 Å². The number of esters is 2. The molecule has 0 saturated carbocycles. The number of methoxy groups -OCH3 is 5. The van der Waals surface area contributed by atoms with Crippen LogP contribution < -0.4 is 23.7 Å². The second-order valence-corrected chi connectivity index (χ2v) is 13.6. The summed E-state index contributed by atoms with van der Waals surface area (Å²) in [5, 5.41) is 0. The normalized spacial score (nSPS) is 16.6. The molecule has 1 atom stereocenters. The third kappa shape index (κ3) is 10.9. The van der Waals surface area contributed by atoms with E-state index in [1.54, 1.807) is 35.5 Å². The van der Waals surface area contributed by atoms with Crippen LogP contribution in [0.4, 0.5) is 0 Å². The quantitative estimate of drug-likeness (QED) is 0.0686. The molecule has 0 bridgehead atoms. The number of rotatable bonds is 19. The summed E-state index contributed by atoms with van der Waals surface area (Å²) >= 11 is 0. The average molecular weight is 748 g/mol. The number of ether oxygens (including phenoxy) is 8. The minimum Gasteiger partial charge on any atom is -0.497 e. The summed E-state index contributed by atoms with van der Waals surface area (Å²) in [5.74, 6) is 2.49. The Morgan fingerprint density at radius 3 is 2.00 bits per heavy atom. The fourth-order valence-corrected chi connectivity index (χ4v) is 7.37. The second kappa shape index (κ2) is 20.1. The van der Waals surface area contributed by atoms with Crippen LogP contribution in [-0.2, 0) is 43.2 Å². The minimum absolute atomic E-state index is 0.0957. The first-order valence-electron chi connectivity index (χ1n) is 18.6. The van der Waals surface area contributed by atoms with Crippen molar-refractivity contribution in [1.29, 1.82) is 0 Å². The van der Waals surface area contributed by atoms with E-state index in [2.05, 4.69) is 35.2 Å². The van der Waals surface area contributed by atoms with Gasteiger partial charge < -0.3 is 42.4 Å². The lowest BCUT2D eigenvalue weighted by Gasteiger charge is -2.41. The van der Waals surface area contributed by atoms with Crippen molar-refractivity contribution in [3.63, 3.8) is 0 Å². The molecule has 1 fully saturated rings. The SMILES string of the molecule is COc1ccc(C[C@@H]2c3cc(OC)c(OC)cc3CCN2CCCOC(=O)/C=C\C(=O)OCCC[N+]2(Cc3ccc(OC)c(OC)c3)CCOCC2)cc1. The lowest BCUT2D eigenvalue weighted by molar-refractivity contribution is -0.947. The van der Waals surface area contributed by atoms with Crippen molar-refractivity contribution in [2.24, 2.45) is 0 Å². The molecule has 12 heteroatoms. The van der Waals surface area contributed by atoms with E-state index in [0.717, 1.165) is 85.8 Å². The van der Waals surface area contributed by atoms with Gasteiger partial charge in [0.15, 0.2) is 23.0 Å². The number of nitrogens with zero attached hydrogens (tertiary/aromatic N) is 2. The molecule has 12 nitrogen and oxygen atoms in total. The fraction of sp³-hybridized carbons (Fsp3) is 0.476. The smallest absolute Gasteiger partial charge is 0.331 e. The molecule has 2 aliphatic heterocycles. The van der Waals surface area contributed by atoms with Crippen molar-refractivity contribution in [1.82, 2.24) is 4.90 Å². The number of hydrogen-bond acceptors (Lipinski definition) is 11. The molecule has 0 aliphatic carbocycles. The van der Waals surface area contributed by atoms with E-state index in [-0.39, 0.29) is 19.3 Å². The van der Waals surface area contributed by atoms with Crippen molar-refractivity contribution < 1.29 is 52.0 Å². The van der Waals surface area contributed by atoms with E-state index in [4.69, 9.17) is 37.9 Å². The average Bonchev–Trinajstić information content (AvgIpc) is 3.20. The summed E-state index contributed by atoms with van der Waals surface area (Å²) in [5.41, 5.74) is 4.77. The predicted molar refractivity (Wildman–Crippen MR) is 203 cm³/mol. The van der Waals surface area contributed by atoms with Gasteiger partial charge in [-0.1, -0.05) is 12.1 Å². The van der Waals surface area contributed by atoms with E-state index in [1.165, 1.54) is 16.7 Å². The van der Waals surface area contributed by atoms with Crippen molar-refractivity contribution in [2.45, 2.75) is 38.3 Å². The Labute approximate surface area is 319 Å². The zero-order valence-corrected chi connectivity index (χ0v) is 32.3. The van der Waals surface area contributed by atoms with Gasteiger partial charge in [-0.2, -0.15) is 0 Å². The van der Waals surface area contributed by atoms with Crippen LogP contribution in [0, 0.1) is 0 Å². The van der Waals surface area contributed by atoms with Gasteiger partial charge in [0.1, 0.15) is 25.4 Å². The van der Waals surface area contributed by atoms with Crippen LogP contribution in [0.2, 0.25) is 0 Å². The molecule has 0 unspecified atom stereocenters. The van der Waals surface area contributed by atoms with Gasteiger partial charge in [-0.05, 0) is 78.4 Å². The summed E-state index contributed by atoms with van der Waals surface area (Å²) in [6.45, 7) is 6.78. The van der Waals surface area contributed by atoms with E-state index in [0.29, 0.717) is 43.3 Å². The van der Waals surface area contributed by atoms with Crippen LogP contribution in [0.1, 0.15) is 41.1 Å². The largest absolute Gasteiger partial charge is 0.497 e. The Balaban J connectivity index is 1.08. The highest BCUT2D eigenvalue weighted by molar-refractivity contribution is 5.91. The third-order valence-corrected chi connectivity index (χ3v) is 10.3. The Hall–Kier alpha value is -4.78. The van der Waals surface area contributed by atoms with Crippen molar-refractivity contribution in [3.05, 3.63) is 89.0 Å². The molecule has 292 valence electrons. The molecule has 3 aromatic rings. The molecule has 0 N–H and O–H groups in total. The molecule has 54 heavy (non-hydrogen) atoms. The summed E-state index contributed by atoms with van der Waals surface area (Å²) in [4.78, 5) is 27.4. The van der Waals surface area contributed by atoms with Gasteiger partial charge in [0.25, 0.3) is 0 Å². The van der Waals surface area contributed by atoms with Crippen molar-refractivity contribution >= 4 is 11.9 Å². The van der Waals surface area contributed by atoms with Gasteiger partial charge in [-0.25, -0.2) is 9.59 Å². The monoisotopic (exact) mass is 747 g/mol. The van der Waals surface area contributed by atoms with Gasteiger partial charge in [0, 0.05) is 43.3 Å². The first-order chi connectivity index (χ1) is 26.3. The zero-order chi connectivity index (χ0) is 38.3. The van der Waals surface area contributed by atoms with E-state index >= 15 is 0 Å². The predicted octanol–water partition coefficient (Wildman–Crippen LogP) is 5.34. The first kappa shape index (κ1) is 40.4. The molecule has 1 saturated heterocycles. The maximum atomic E-state index is 12.5. The maximum Gasteiger partial charge on any atom is 0.331 e. The lowest BCUT2D eigenvalue weighted by Crippen LogP contribution is -2.55. The van der Waals surface area contributed by atoms with Gasteiger partial charge in [-0.15, -0.1) is 0 Å². The molecular formula is C42H55N2O10+. The first-order valence-corrected chi connectivity index (χ1v) is 18.6. The van der Waals surface area contributed by atoms with Crippen molar-refractivity contribution in [2.75, 3.05) is 94.7 Å². The molecule has 0 amide bonds. The van der Waals surface area contributed by atoms with Crippen molar-refractivity contribution in [3.8, 4) is 28.7 Å².